The Morgan fingerprint density at radius 2 is 1.81 bits per heavy atom. The molecule has 4 rings (SSSR count). The first-order valence-electron chi connectivity index (χ1n) is 8.80. The number of urea groups is 1. The van der Waals surface area contributed by atoms with Crippen LogP contribution in [0.2, 0.25) is 0 Å². The van der Waals surface area contributed by atoms with Crippen LogP contribution in [0.5, 0.6) is 0 Å². The van der Waals surface area contributed by atoms with Gasteiger partial charge in [-0.05, 0) is 74.9 Å². The fourth-order valence-corrected chi connectivity index (χ4v) is 4.05. The van der Waals surface area contributed by atoms with E-state index < -0.39 is 5.82 Å². The van der Waals surface area contributed by atoms with Crippen LogP contribution in [-0.4, -0.2) is 37.6 Å². The molecule has 0 aromatic heterocycles. The van der Waals surface area contributed by atoms with Crippen LogP contribution in [-0.2, 0) is 5.41 Å². The Bertz CT molecular complexity index is 847. The number of halogens is 2. The van der Waals surface area contributed by atoms with E-state index in [1.165, 1.54) is 18.2 Å². The van der Waals surface area contributed by atoms with Gasteiger partial charge in [0, 0.05) is 23.3 Å². The number of piperidine rings is 1. The van der Waals surface area contributed by atoms with Gasteiger partial charge in [0.2, 0.25) is 0 Å². The van der Waals surface area contributed by atoms with Gasteiger partial charge in [-0.2, -0.15) is 0 Å². The second-order valence-electron chi connectivity index (χ2n) is 7.27. The number of rotatable bonds is 1. The second-order valence-corrected chi connectivity index (χ2v) is 7.27. The summed E-state index contributed by atoms with van der Waals surface area (Å²) in [7, 11) is 2.07. The fourth-order valence-electron chi connectivity index (χ4n) is 4.05. The van der Waals surface area contributed by atoms with E-state index >= 15 is 0 Å². The van der Waals surface area contributed by atoms with Crippen LogP contribution in [0.1, 0.15) is 18.4 Å². The van der Waals surface area contributed by atoms with E-state index in [1.54, 1.807) is 29.2 Å². The Morgan fingerprint density at radius 3 is 2.54 bits per heavy atom. The molecule has 0 unspecified atom stereocenters. The zero-order valence-electron chi connectivity index (χ0n) is 14.6. The van der Waals surface area contributed by atoms with E-state index in [0.29, 0.717) is 12.2 Å². The van der Waals surface area contributed by atoms with Gasteiger partial charge < -0.3 is 10.2 Å². The van der Waals surface area contributed by atoms with E-state index in [9.17, 15) is 13.6 Å². The van der Waals surface area contributed by atoms with Crippen molar-refractivity contribution in [1.29, 1.82) is 0 Å². The number of nitrogens with zero attached hydrogens (tertiary/aromatic N) is 2. The highest BCUT2D eigenvalue weighted by Gasteiger charge is 2.46. The number of amides is 2. The number of benzene rings is 2. The topological polar surface area (TPSA) is 35.6 Å². The van der Waals surface area contributed by atoms with Gasteiger partial charge in [-0.3, -0.25) is 4.90 Å². The summed E-state index contributed by atoms with van der Waals surface area (Å²) in [5.41, 5.74) is 1.83. The Kier molecular flexibility index (Phi) is 4.15. The summed E-state index contributed by atoms with van der Waals surface area (Å²) in [6.45, 7) is 2.34. The van der Waals surface area contributed by atoms with E-state index in [2.05, 4.69) is 17.3 Å². The van der Waals surface area contributed by atoms with Crippen LogP contribution >= 0.6 is 0 Å². The molecule has 0 saturated carbocycles. The summed E-state index contributed by atoms with van der Waals surface area (Å²) in [4.78, 5) is 16.8. The van der Waals surface area contributed by atoms with E-state index in [4.69, 9.17) is 0 Å². The van der Waals surface area contributed by atoms with Crippen LogP contribution in [0.3, 0.4) is 0 Å². The standard InChI is InChI=1S/C20H21F2N3O/c1-24-9-7-20(8-10-24)13-25(18-6-5-15(22)12-17(18)20)19(26)23-16-4-2-3-14(21)11-16/h2-6,11-12H,7-10,13H2,1H3,(H,23,26). The first kappa shape index (κ1) is 17.0. The molecule has 0 bridgehead atoms. The SMILES string of the molecule is CN1CCC2(CC1)CN(C(=O)Nc1cccc(F)c1)c1ccc(F)cc12. The van der Waals surface area contributed by atoms with E-state index in [1.807, 2.05) is 0 Å². The van der Waals surface area contributed by atoms with Crippen LogP contribution in [0.4, 0.5) is 25.0 Å². The highest BCUT2D eigenvalue weighted by Crippen LogP contribution is 2.47. The van der Waals surface area contributed by atoms with Gasteiger partial charge in [0.15, 0.2) is 0 Å². The third kappa shape index (κ3) is 2.94. The third-order valence-corrected chi connectivity index (χ3v) is 5.55. The molecule has 1 fully saturated rings. The maximum atomic E-state index is 13.9. The summed E-state index contributed by atoms with van der Waals surface area (Å²) in [5, 5.41) is 2.75. The summed E-state index contributed by atoms with van der Waals surface area (Å²) in [5.74, 6) is -0.687. The van der Waals surface area contributed by atoms with E-state index in [0.717, 1.165) is 37.2 Å². The lowest BCUT2D eigenvalue weighted by Gasteiger charge is -2.38. The van der Waals surface area contributed by atoms with Crippen molar-refractivity contribution < 1.29 is 13.6 Å². The van der Waals surface area contributed by atoms with Gasteiger partial charge >= 0.3 is 6.03 Å². The molecule has 4 nitrogen and oxygen atoms in total. The molecular weight excluding hydrogens is 336 g/mol. The van der Waals surface area contributed by atoms with Gasteiger partial charge in [0.05, 0.1) is 0 Å². The Labute approximate surface area is 151 Å². The van der Waals surface area contributed by atoms with Crippen molar-refractivity contribution in [1.82, 2.24) is 4.90 Å². The van der Waals surface area contributed by atoms with Gasteiger partial charge in [-0.1, -0.05) is 6.07 Å². The monoisotopic (exact) mass is 357 g/mol. The lowest BCUT2D eigenvalue weighted by Crippen LogP contribution is -2.45. The molecule has 1 spiro atoms. The first-order valence-corrected chi connectivity index (χ1v) is 8.80. The molecule has 2 aliphatic heterocycles. The molecule has 2 aromatic carbocycles. The molecule has 2 heterocycles. The molecule has 2 aromatic rings. The quantitative estimate of drug-likeness (QED) is 0.838. The molecule has 136 valence electrons. The minimum atomic E-state index is -0.404. The lowest BCUT2D eigenvalue weighted by atomic mass is 9.74. The molecule has 2 aliphatic rings. The van der Waals surface area contributed by atoms with Gasteiger partial charge in [0.25, 0.3) is 0 Å². The largest absolute Gasteiger partial charge is 0.326 e. The zero-order valence-corrected chi connectivity index (χ0v) is 14.6. The molecule has 26 heavy (non-hydrogen) atoms. The average molecular weight is 357 g/mol. The summed E-state index contributed by atoms with van der Waals surface area (Å²) >= 11 is 0. The molecule has 2 amide bonds. The van der Waals surface area contributed by atoms with Gasteiger partial charge in [0.1, 0.15) is 11.6 Å². The third-order valence-electron chi connectivity index (χ3n) is 5.55. The average Bonchev–Trinajstić information content (AvgIpc) is 2.92. The van der Waals surface area contributed by atoms with Crippen molar-refractivity contribution in [2.75, 3.05) is 36.9 Å². The maximum absolute atomic E-state index is 13.9. The van der Waals surface area contributed by atoms with Crippen LogP contribution < -0.4 is 10.2 Å². The number of nitrogens with one attached hydrogen (secondary N) is 1. The normalized spacial score (nSPS) is 18.8. The molecule has 0 atom stereocenters. The summed E-state index contributed by atoms with van der Waals surface area (Å²) in [6.07, 6.45) is 1.76. The minimum absolute atomic E-state index is 0.219. The Morgan fingerprint density at radius 1 is 1.08 bits per heavy atom. The smallest absolute Gasteiger partial charge is 0.307 e. The van der Waals surface area contributed by atoms with Crippen molar-refractivity contribution >= 4 is 17.4 Å². The van der Waals surface area contributed by atoms with Gasteiger partial charge in [-0.15, -0.1) is 0 Å². The number of hydrogen-bond acceptors (Lipinski definition) is 2. The second kappa shape index (κ2) is 6.36. The van der Waals surface area contributed by atoms with Crippen LogP contribution in [0.15, 0.2) is 42.5 Å². The summed E-state index contributed by atoms with van der Waals surface area (Å²) < 4.78 is 27.3. The van der Waals surface area contributed by atoms with Crippen molar-refractivity contribution in [3.63, 3.8) is 0 Å². The van der Waals surface area contributed by atoms with Crippen molar-refractivity contribution in [3.8, 4) is 0 Å². The predicted octanol–water partition coefficient (Wildman–Crippen LogP) is 3.98. The number of anilines is 2. The zero-order chi connectivity index (χ0) is 18.3. The molecule has 0 radical (unpaired) electrons. The first-order chi connectivity index (χ1) is 12.5. The predicted molar refractivity (Wildman–Crippen MR) is 97.6 cm³/mol. The highest BCUT2D eigenvalue weighted by atomic mass is 19.1. The van der Waals surface area contributed by atoms with Crippen molar-refractivity contribution in [2.24, 2.45) is 0 Å². The Balaban J connectivity index is 1.65. The van der Waals surface area contributed by atoms with E-state index in [-0.39, 0.29) is 17.3 Å². The van der Waals surface area contributed by atoms with Crippen LogP contribution in [0.25, 0.3) is 0 Å². The van der Waals surface area contributed by atoms with Gasteiger partial charge in [-0.25, -0.2) is 13.6 Å². The minimum Gasteiger partial charge on any atom is -0.307 e. The molecule has 1 N–H and O–H groups in total. The van der Waals surface area contributed by atoms with Crippen LogP contribution in [0, 0.1) is 11.6 Å². The lowest BCUT2D eigenvalue weighted by molar-refractivity contribution is 0.196. The number of fused-ring (bicyclic) bond motifs is 2. The highest BCUT2D eigenvalue weighted by molar-refractivity contribution is 6.03. The number of hydrogen-bond donors (Lipinski definition) is 1. The fraction of sp³-hybridized carbons (Fsp3) is 0.350. The molecule has 6 heteroatoms. The maximum Gasteiger partial charge on any atom is 0.326 e. The molecular formula is C20H21F2N3O. The van der Waals surface area contributed by atoms with Crippen molar-refractivity contribution in [2.45, 2.75) is 18.3 Å². The number of carbonyl (C=O) groups is 1. The molecule has 0 aliphatic carbocycles. The number of carbonyl (C=O) groups excluding carboxylic acids is 1. The van der Waals surface area contributed by atoms with Crippen molar-refractivity contribution in [3.05, 3.63) is 59.7 Å². The molecule has 1 saturated heterocycles. The number of likely N-dealkylation sites (tertiary alicyclic amines) is 1. The summed E-state index contributed by atoms with van der Waals surface area (Å²) in [6, 6.07) is 10.1. The Hall–Kier alpha value is -2.47.